The average molecular weight is 402 g/mol. The van der Waals surface area contributed by atoms with E-state index < -0.39 is 29.4 Å². The van der Waals surface area contributed by atoms with E-state index in [9.17, 15) is 24.5 Å². The molecule has 0 aliphatic carbocycles. The van der Waals surface area contributed by atoms with Crippen LogP contribution in [0.15, 0.2) is 36.4 Å². The molecule has 0 saturated carbocycles. The van der Waals surface area contributed by atoms with E-state index in [1.807, 2.05) is 0 Å². The molecule has 0 aromatic heterocycles. The number of non-ortho nitro benzene ring substituents is 1. The molecule has 2 aromatic rings. The predicted molar refractivity (Wildman–Crippen MR) is 101 cm³/mol. The zero-order valence-electron chi connectivity index (χ0n) is 15.9. The quantitative estimate of drug-likeness (QED) is 0.424. The molecule has 29 heavy (non-hydrogen) atoms. The first-order valence-electron chi connectivity index (χ1n) is 8.25. The number of nitro groups is 1. The Kier molecular flexibility index (Phi) is 6.85. The van der Waals surface area contributed by atoms with Crippen molar-refractivity contribution < 1.29 is 33.5 Å². The summed E-state index contributed by atoms with van der Waals surface area (Å²) >= 11 is 0. The van der Waals surface area contributed by atoms with E-state index in [0.29, 0.717) is 11.3 Å². The topological polar surface area (TPSA) is 134 Å². The third kappa shape index (κ3) is 5.28. The Morgan fingerprint density at radius 3 is 2.41 bits per heavy atom. The van der Waals surface area contributed by atoms with Crippen molar-refractivity contribution in [2.24, 2.45) is 0 Å². The molecule has 0 atom stereocenters. The van der Waals surface area contributed by atoms with Crippen molar-refractivity contribution in [2.45, 2.75) is 6.92 Å². The van der Waals surface area contributed by atoms with Crippen LogP contribution in [-0.2, 0) is 14.3 Å². The largest absolute Gasteiger partial charge is 0.496 e. The Balaban J connectivity index is 2.08. The summed E-state index contributed by atoms with van der Waals surface area (Å²) in [7, 11) is 2.53. The van der Waals surface area contributed by atoms with Gasteiger partial charge >= 0.3 is 11.9 Å². The van der Waals surface area contributed by atoms with Crippen molar-refractivity contribution in [3.8, 4) is 5.75 Å². The fraction of sp³-hybridized carbons (Fsp3) is 0.211. The number of methoxy groups -OCH3 is 2. The van der Waals surface area contributed by atoms with Gasteiger partial charge in [-0.25, -0.2) is 9.59 Å². The molecule has 1 amide bonds. The smallest absolute Gasteiger partial charge is 0.342 e. The Morgan fingerprint density at radius 2 is 1.79 bits per heavy atom. The maximum Gasteiger partial charge on any atom is 0.342 e. The molecule has 2 rings (SSSR count). The maximum atomic E-state index is 12.2. The Labute approximate surface area is 165 Å². The van der Waals surface area contributed by atoms with E-state index in [1.165, 1.54) is 32.4 Å². The minimum absolute atomic E-state index is 0.0719. The number of rotatable bonds is 7. The van der Waals surface area contributed by atoms with E-state index in [0.717, 1.165) is 6.07 Å². The van der Waals surface area contributed by atoms with Gasteiger partial charge in [0.2, 0.25) is 0 Å². The normalized spacial score (nSPS) is 10.0. The van der Waals surface area contributed by atoms with E-state index in [-0.39, 0.29) is 22.6 Å². The third-order valence-electron chi connectivity index (χ3n) is 3.88. The summed E-state index contributed by atoms with van der Waals surface area (Å²) in [5.74, 6) is -2.11. The van der Waals surface area contributed by atoms with Crippen LogP contribution in [-0.4, -0.2) is 43.6 Å². The summed E-state index contributed by atoms with van der Waals surface area (Å²) in [5.41, 5.74) is 0.766. The molecule has 152 valence electrons. The van der Waals surface area contributed by atoms with Crippen LogP contribution in [0.1, 0.15) is 26.3 Å². The number of hydrogen-bond acceptors (Lipinski definition) is 8. The van der Waals surface area contributed by atoms with Gasteiger partial charge in [0.1, 0.15) is 11.3 Å². The fourth-order valence-corrected chi connectivity index (χ4v) is 2.37. The monoisotopic (exact) mass is 402 g/mol. The summed E-state index contributed by atoms with van der Waals surface area (Å²) < 4.78 is 14.6. The maximum absolute atomic E-state index is 12.2. The number of hydrogen-bond donors (Lipinski definition) is 1. The second-order valence-corrected chi connectivity index (χ2v) is 5.79. The lowest BCUT2D eigenvalue weighted by Crippen LogP contribution is -2.22. The highest BCUT2D eigenvalue weighted by Gasteiger charge is 2.20. The Hall–Kier alpha value is -3.95. The second-order valence-electron chi connectivity index (χ2n) is 5.79. The van der Waals surface area contributed by atoms with Crippen LogP contribution in [0.25, 0.3) is 0 Å². The minimum atomic E-state index is -0.958. The minimum Gasteiger partial charge on any atom is -0.496 e. The van der Waals surface area contributed by atoms with Gasteiger partial charge in [-0.3, -0.25) is 14.9 Å². The number of carbonyl (C=O) groups is 3. The molecule has 0 bridgehead atoms. The molecule has 0 heterocycles. The van der Waals surface area contributed by atoms with Gasteiger partial charge in [0.15, 0.2) is 6.61 Å². The lowest BCUT2D eigenvalue weighted by molar-refractivity contribution is -0.384. The average Bonchev–Trinajstić information content (AvgIpc) is 2.72. The summed E-state index contributed by atoms with van der Waals surface area (Å²) in [4.78, 5) is 46.2. The number of nitrogens with zero attached hydrogens (tertiary/aromatic N) is 1. The lowest BCUT2D eigenvalue weighted by Gasteiger charge is -2.11. The molecule has 0 aliphatic rings. The first kappa shape index (κ1) is 21.4. The van der Waals surface area contributed by atoms with Crippen molar-refractivity contribution in [1.82, 2.24) is 0 Å². The van der Waals surface area contributed by atoms with Crippen LogP contribution >= 0.6 is 0 Å². The molecule has 1 N–H and O–H groups in total. The van der Waals surface area contributed by atoms with Gasteiger partial charge in [0.25, 0.3) is 11.6 Å². The highest BCUT2D eigenvalue weighted by atomic mass is 16.6. The first-order chi connectivity index (χ1) is 13.8. The molecule has 0 aliphatic heterocycles. The van der Waals surface area contributed by atoms with Crippen LogP contribution in [0.2, 0.25) is 0 Å². The van der Waals surface area contributed by atoms with Crippen molar-refractivity contribution in [3.05, 3.63) is 63.2 Å². The summed E-state index contributed by atoms with van der Waals surface area (Å²) in [6.45, 7) is 1.07. The standard InChI is InChI=1S/C19H18N2O8/c1-11-4-5-12(18(23)28-3)8-15(11)20-17(22)10-29-19(24)14-9-13(21(25)26)6-7-16(14)27-2/h4-9H,10H2,1-3H3,(H,20,22). The van der Waals surface area contributed by atoms with Gasteiger partial charge in [-0.05, 0) is 30.7 Å². The molecule has 0 saturated heterocycles. The van der Waals surface area contributed by atoms with E-state index in [2.05, 4.69) is 10.1 Å². The summed E-state index contributed by atoms with van der Waals surface area (Å²) in [6, 6.07) is 8.05. The van der Waals surface area contributed by atoms with Gasteiger partial charge in [-0.1, -0.05) is 6.07 Å². The number of benzene rings is 2. The zero-order valence-corrected chi connectivity index (χ0v) is 15.9. The van der Waals surface area contributed by atoms with Crippen molar-refractivity contribution in [1.29, 1.82) is 0 Å². The van der Waals surface area contributed by atoms with Crippen molar-refractivity contribution >= 4 is 29.2 Å². The number of anilines is 1. The fourth-order valence-electron chi connectivity index (χ4n) is 2.37. The summed E-state index contributed by atoms with van der Waals surface area (Å²) in [6.07, 6.45) is 0. The van der Waals surface area contributed by atoms with Crippen LogP contribution < -0.4 is 10.1 Å². The Morgan fingerprint density at radius 1 is 1.07 bits per heavy atom. The SMILES string of the molecule is COC(=O)c1ccc(C)c(NC(=O)COC(=O)c2cc([N+](=O)[O-])ccc2OC)c1. The van der Waals surface area contributed by atoms with Gasteiger partial charge in [-0.2, -0.15) is 0 Å². The lowest BCUT2D eigenvalue weighted by atomic mass is 10.1. The predicted octanol–water partition coefficient (Wildman–Crippen LogP) is 2.49. The third-order valence-corrected chi connectivity index (χ3v) is 3.88. The number of nitro benzene ring substituents is 1. The number of ether oxygens (including phenoxy) is 3. The highest BCUT2D eigenvalue weighted by molar-refractivity contribution is 5.98. The van der Waals surface area contributed by atoms with Gasteiger partial charge in [0, 0.05) is 17.8 Å². The van der Waals surface area contributed by atoms with Crippen molar-refractivity contribution in [3.63, 3.8) is 0 Å². The van der Waals surface area contributed by atoms with Gasteiger partial charge in [0.05, 0.1) is 24.7 Å². The van der Waals surface area contributed by atoms with E-state index >= 15 is 0 Å². The molecule has 2 aromatic carbocycles. The molecular formula is C19H18N2O8. The Bertz CT molecular complexity index is 971. The van der Waals surface area contributed by atoms with Crippen LogP contribution in [0.4, 0.5) is 11.4 Å². The highest BCUT2D eigenvalue weighted by Crippen LogP contribution is 2.24. The molecule has 10 nitrogen and oxygen atoms in total. The van der Waals surface area contributed by atoms with Crippen LogP contribution in [0.3, 0.4) is 0 Å². The second kappa shape index (κ2) is 9.31. The first-order valence-corrected chi connectivity index (χ1v) is 8.25. The van der Waals surface area contributed by atoms with Crippen molar-refractivity contribution in [2.75, 3.05) is 26.1 Å². The molecule has 0 spiro atoms. The van der Waals surface area contributed by atoms with E-state index in [4.69, 9.17) is 9.47 Å². The number of aryl methyl sites for hydroxylation is 1. The molecular weight excluding hydrogens is 384 g/mol. The number of esters is 2. The van der Waals surface area contributed by atoms with Gasteiger partial charge in [-0.15, -0.1) is 0 Å². The molecule has 0 radical (unpaired) electrons. The van der Waals surface area contributed by atoms with Crippen LogP contribution in [0, 0.1) is 17.0 Å². The summed E-state index contributed by atoms with van der Waals surface area (Å²) in [5, 5.41) is 13.4. The van der Waals surface area contributed by atoms with E-state index in [1.54, 1.807) is 19.1 Å². The van der Waals surface area contributed by atoms with Gasteiger partial charge < -0.3 is 19.5 Å². The molecule has 10 heteroatoms. The molecule has 0 unspecified atom stereocenters. The zero-order chi connectivity index (χ0) is 21.6. The molecule has 0 fully saturated rings. The number of carbonyl (C=O) groups excluding carboxylic acids is 3. The number of amides is 1. The van der Waals surface area contributed by atoms with Crippen LogP contribution in [0.5, 0.6) is 5.75 Å². The number of nitrogens with one attached hydrogen (secondary N) is 1.